The first kappa shape index (κ1) is 19.1. The molecule has 0 aliphatic carbocycles. The molecule has 0 amide bonds. The van der Waals surface area contributed by atoms with Crippen LogP contribution in [0.1, 0.15) is 44.8 Å². The Balaban J connectivity index is 2.06. The van der Waals surface area contributed by atoms with Gasteiger partial charge < -0.3 is 9.84 Å². The Morgan fingerprint density at radius 3 is 2.59 bits per heavy atom. The van der Waals surface area contributed by atoms with Gasteiger partial charge in [-0.15, -0.1) is 5.10 Å². The predicted octanol–water partition coefficient (Wildman–Crippen LogP) is 4.05. The second kappa shape index (κ2) is 8.81. The van der Waals surface area contributed by atoms with Crippen molar-refractivity contribution in [1.29, 1.82) is 0 Å². The Morgan fingerprint density at radius 2 is 1.85 bits per heavy atom. The third-order valence-corrected chi connectivity index (χ3v) is 4.47. The van der Waals surface area contributed by atoms with Gasteiger partial charge in [0.05, 0.1) is 5.52 Å². The Labute approximate surface area is 160 Å². The van der Waals surface area contributed by atoms with Crippen molar-refractivity contribution < 1.29 is 9.84 Å². The number of benzene rings is 2. The number of aliphatic hydroxyl groups excluding tert-OH is 1. The molecule has 5 heteroatoms. The Hall–Kier alpha value is -2.68. The molecule has 0 spiro atoms. The molecular formula is C22H25N3O2. The summed E-state index contributed by atoms with van der Waals surface area (Å²) in [6.45, 7) is 4.55. The van der Waals surface area contributed by atoms with E-state index in [1.54, 1.807) is 4.68 Å². The first-order valence-electron chi connectivity index (χ1n) is 9.40. The molecule has 0 aliphatic rings. The molecule has 2 atom stereocenters. The maximum atomic E-state index is 10.5. The number of hydrogen-bond donors (Lipinski definition) is 1. The van der Waals surface area contributed by atoms with Gasteiger partial charge in [0.25, 0.3) is 0 Å². The second-order valence-electron chi connectivity index (χ2n) is 6.39. The first-order chi connectivity index (χ1) is 13.2. The van der Waals surface area contributed by atoms with Crippen molar-refractivity contribution >= 4 is 11.0 Å². The standard InChI is InChI=1S/C22H25N3O2/c1-3-5-16-22(27-4-2,17-15-21(26)18-11-7-6-8-12-18)25-20-14-10-9-13-19(20)23-24-25/h6-14,21,26H,3-5,16H2,1-2H3. The van der Waals surface area contributed by atoms with E-state index in [0.717, 1.165) is 29.4 Å². The number of aliphatic hydroxyl groups is 1. The summed E-state index contributed by atoms with van der Waals surface area (Å²) < 4.78 is 7.90. The molecular weight excluding hydrogens is 338 g/mol. The Kier molecular flexibility index (Phi) is 6.23. The molecule has 1 heterocycles. The van der Waals surface area contributed by atoms with Crippen LogP contribution in [0, 0.1) is 11.8 Å². The molecule has 1 N–H and O–H groups in total. The van der Waals surface area contributed by atoms with Gasteiger partial charge in [-0.05, 0) is 37.0 Å². The van der Waals surface area contributed by atoms with E-state index >= 15 is 0 Å². The fourth-order valence-corrected chi connectivity index (χ4v) is 3.08. The summed E-state index contributed by atoms with van der Waals surface area (Å²) >= 11 is 0. The largest absolute Gasteiger partial charge is 0.376 e. The number of unbranched alkanes of at least 4 members (excludes halogenated alkanes) is 1. The normalized spacial score (nSPS) is 14.3. The minimum absolute atomic E-state index is 0.480. The summed E-state index contributed by atoms with van der Waals surface area (Å²) in [6.07, 6.45) is 1.70. The van der Waals surface area contributed by atoms with Crippen LogP contribution >= 0.6 is 0 Å². The summed E-state index contributed by atoms with van der Waals surface area (Å²) in [6, 6.07) is 17.2. The highest BCUT2D eigenvalue weighted by Gasteiger charge is 2.33. The van der Waals surface area contributed by atoms with Crippen LogP contribution in [0.3, 0.4) is 0 Å². The third kappa shape index (κ3) is 4.19. The lowest BCUT2D eigenvalue weighted by molar-refractivity contribution is -0.0679. The lowest BCUT2D eigenvalue weighted by Crippen LogP contribution is -2.36. The quantitative estimate of drug-likeness (QED) is 0.644. The molecule has 27 heavy (non-hydrogen) atoms. The lowest BCUT2D eigenvalue weighted by atomic mass is 10.0. The maximum absolute atomic E-state index is 10.5. The van der Waals surface area contributed by atoms with E-state index in [2.05, 4.69) is 29.1 Å². The van der Waals surface area contributed by atoms with Gasteiger partial charge in [0.2, 0.25) is 5.72 Å². The van der Waals surface area contributed by atoms with Crippen LogP contribution in [0.5, 0.6) is 0 Å². The summed E-state index contributed by atoms with van der Waals surface area (Å²) in [4.78, 5) is 0. The smallest absolute Gasteiger partial charge is 0.226 e. The minimum Gasteiger partial charge on any atom is -0.376 e. The molecule has 2 unspecified atom stereocenters. The molecule has 0 saturated carbocycles. The molecule has 140 valence electrons. The van der Waals surface area contributed by atoms with Gasteiger partial charge in [-0.3, -0.25) is 0 Å². The highest BCUT2D eigenvalue weighted by Crippen LogP contribution is 2.28. The molecule has 0 saturated heterocycles. The van der Waals surface area contributed by atoms with Crippen LogP contribution in [0.25, 0.3) is 11.0 Å². The van der Waals surface area contributed by atoms with Crippen molar-refractivity contribution in [1.82, 2.24) is 15.0 Å². The van der Waals surface area contributed by atoms with Gasteiger partial charge in [0.15, 0.2) is 0 Å². The fourth-order valence-electron chi connectivity index (χ4n) is 3.08. The first-order valence-corrected chi connectivity index (χ1v) is 9.40. The summed E-state index contributed by atoms with van der Waals surface area (Å²) in [7, 11) is 0. The highest BCUT2D eigenvalue weighted by atomic mass is 16.5. The van der Waals surface area contributed by atoms with Crippen LogP contribution < -0.4 is 0 Å². The van der Waals surface area contributed by atoms with E-state index in [0.29, 0.717) is 13.0 Å². The zero-order chi connectivity index (χ0) is 19.1. The van der Waals surface area contributed by atoms with Crippen LogP contribution in [0.15, 0.2) is 54.6 Å². The third-order valence-electron chi connectivity index (χ3n) is 4.47. The van der Waals surface area contributed by atoms with E-state index in [9.17, 15) is 5.11 Å². The molecule has 0 fully saturated rings. The van der Waals surface area contributed by atoms with Gasteiger partial charge in [0, 0.05) is 13.0 Å². The molecule has 3 rings (SSSR count). The topological polar surface area (TPSA) is 60.2 Å². The van der Waals surface area contributed by atoms with Gasteiger partial charge in [-0.25, -0.2) is 4.68 Å². The average molecular weight is 363 g/mol. The van der Waals surface area contributed by atoms with E-state index in [1.807, 2.05) is 61.5 Å². The van der Waals surface area contributed by atoms with E-state index in [-0.39, 0.29) is 0 Å². The number of fused-ring (bicyclic) bond motifs is 1. The van der Waals surface area contributed by atoms with Crippen LogP contribution in [0.4, 0.5) is 0 Å². The zero-order valence-electron chi connectivity index (χ0n) is 15.8. The monoisotopic (exact) mass is 363 g/mol. The highest BCUT2D eigenvalue weighted by molar-refractivity contribution is 5.74. The summed E-state index contributed by atoms with van der Waals surface area (Å²) in [5.41, 5.74) is 1.46. The molecule has 0 bridgehead atoms. The van der Waals surface area contributed by atoms with Crippen LogP contribution in [-0.2, 0) is 10.5 Å². The minimum atomic E-state index is -0.962. The Bertz CT molecular complexity index is 927. The van der Waals surface area contributed by atoms with Crippen LogP contribution in [-0.4, -0.2) is 26.7 Å². The van der Waals surface area contributed by atoms with E-state index in [4.69, 9.17) is 4.74 Å². The lowest BCUT2D eigenvalue weighted by Gasteiger charge is -2.29. The van der Waals surface area contributed by atoms with Crippen molar-refractivity contribution in [3.05, 3.63) is 60.2 Å². The molecule has 0 aliphatic heterocycles. The maximum Gasteiger partial charge on any atom is 0.226 e. The number of nitrogens with zero attached hydrogens (tertiary/aromatic N) is 3. The number of para-hydroxylation sites is 1. The number of ether oxygens (including phenoxy) is 1. The fraction of sp³-hybridized carbons (Fsp3) is 0.364. The van der Waals surface area contributed by atoms with Crippen molar-refractivity contribution in [3.63, 3.8) is 0 Å². The molecule has 3 aromatic rings. The van der Waals surface area contributed by atoms with E-state index in [1.165, 1.54) is 0 Å². The molecule has 1 aromatic heterocycles. The molecule has 2 aromatic carbocycles. The average Bonchev–Trinajstić information content (AvgIpc) is 3.15. The van der Waals surface area contributed by atoms with Crippen molar-refractivity contribution in [2.75, 3.05) is 6.61 Å². The molecule has 5 nitrogen and oxygen atoms in total. The van der Waals surface area contributed by atoms with Crippen molar-refractivity contribution in [2.24, 2.45) is 0 Å². The summed E-state index contributed by atoms with van der Waals surface area (Å²) in [5, 5.41) is 19.1. The van der Waals surface area contributed by atoms with Crippen LogP contribution in [0.2, 0.25) is 0 Å². The van der Waals surface area contributed by atoms with Crippen molar-refractivity contribution in [2.45, 2.75) is 44.9 Å². The van der Waals surface area contributed by atoms with Gasteiger partial charge >= 0.3 is 0 Å². The van der Waals surface area contributed by atoms with E-state index < -0.39 is 11.8 Å². The zero-order valence-corrected chi connectivity index (χ0v) is 15.8. The summed E-state index contributed by atoms with van der Waals surface area (Å²) in [5.74, 6) is 6.18. The molecule has 0 radical (unpaired) electrons. The number of aromatic nitrogens is 3. The van der Waals surface area contributed by atoms with Gasteiger partial charge in [-0.2, -0.15) is 0 Å². The number of hydrogen-bond acceptors (Lipinski definition) is 4. The van der Waals surface area contributed by atoms with Crippen molar-refractivity contribution in [3.8, 4) is 11.8 Å². The number of rotatable bonds is 7. The SMILES string of the molecule is CCCCC(C#CC(O)c1ccccc1)(OCC)n1nnc2ccccc21. The second-order valence-corrected chi connectivity index (χ2v) is 6.39. The Morgan fingerprint density at radius 1 is 1.11 bits per heavy atom. The van der Waals surface area contributed by atoms with Gasteiger partial charge in [-0.1, -0.05) is 66.9 Å². The predicted molar refractivity (Wildman–Crippen MR) is 106 cm³/mol. The van der Waals surface area contributed by atoms with Gasteiger partial charge in [0.1, 0.15) is 11.6 Å².